The first-order chi connectivity index (χ1) is 8.58. The van der Waals surface area contributed by atoms with E-state index in [0.717, 1.165) is 0 Å². The van der Waals surface area contributed by atoms with E-state index in [1.54, 1.807) is 43.6 Å². The summed E-state index contributed by atoms with van der Waals surface area (Å²) in [5, 5.41) is 3.11. The summed E-state index contributed by atoms with van der Waals surface area (Å²) in [4.78, 5) is 23.3. The molecule has 0 atom stereocenters. The molecule has 92 valence electrons. The number of aromatic nitrogens is 1. The number of hydrogen-bond donors (Lipinski definition) is 1. The number of halogens is 1. The molecule has 0 saturated carbocycles. The highest BCUT2D eigenvalue weighted by Gasteiger charge is 2.08. The zero-order valence-corrected chi connectivity index (χ0v) is 10.4. The maximum atomic E-state index is 11.9. The lowest BCUT2D eigenvalue weighted by molar-refractivity contribution is 0.102. The molecule has 1 N–H and O–H groups in total. The molecule has 1 aromatic heterocycles. The number of nitrogens with zero attached hydrogens (tertiary/aromatic N) is 1. The summed E-state index contributed by atoms with van der Waals surface area (Å²) in [6, 6.07) is 9.78. The molecule has 1 aromatic carbocycles. The van der Waals surface area contributed by atoms with Crippen molar-refractivity contribution in [1.82, 2.24) is 4.57 Å². The largest absolute Gasteiger partial charge is 0.321 e. The van der Waals surface area contributed by atoms with E-state index in [4.69, 9.17) is 11.6 Å². The Morgan fingerprint density at radius 2 is 2.00 bits per heavy atom. The average molecular weight is 263 g/mol. The number of pyridine rings is 1. The number of nitrogens with one attached hydrogen (secondary N) is 1. The van der Waals surface area contributed by atoms with Crippen LogP contribution in [-0.2, 0) is 7.05 Å². The predicted molar refractivity (Wildman–Crippen MR) is 71.1 cm³/mol. The van der Waals surface area contributed by atoms with E-state index < -0.39 is 0 Å². The molecule has 4 nitrogen and oxygen atoms in total. The smallest absolute Gasteiger partial charge is 0.255 e. The van der Waals surface area contributed by atoms with Crippen molar-refractivity contribution < 1.29 is 4.79 Å². The van der Waals surface area contributed by atoms with Gasteiger partial charge in [0.1, 0.15) is 0 Å². The Bertz CT molecular complexity index is 649. The van der Waals surface area contributed by atoms with Crippen LogP contribution in [0.25, 0.3) is 0 Å². The fraction of sp³-hybridized carbons (Fsp3) is 0.0769. The van der Waals surface area contributed by atoms with Crippen molar-refractivity contribution in [1.29, 1.82) is 0 Å². The lowest BCUT2D eigenvalue weighted by Gasteiger charge is -2.07. The molecule has 0 aliphatic rings. The van der Waals surface area contributed by atoms with Gasteiger partial charge >= 0.3 is 0 Å². The summed E-state index contributed by atoms with van der Waals surface area (Å²) in [7, 11) is 1.62. The van der Waals surface area contributed by atoms with Gasteiger partial charge in [-0.1, -0.05) is 23.7 Å². The Hall–Kier alpha value is -2.07. The van der Waals surface area contributed by atoms with Crippen LogP contribution in [0, 0.1) is 0 Å². The summed E-state index contributed by atoms with van der Waals surface area (Å²) in [5.74, 6) is -0.360. The minimum atomic E-state index is -0.360. The van der Waals surface area contributed by atoms with Crippen molar-refractivity contribution in [3.05, 3.63) is 63.5 Å². The summed E-state index contributed by atoms with van der Waals surface area (Å²) in [6.45, 7) is 0. The lowest BCUT2D eigenvalue weighted by Crippen LogP contribution is -2.20. The van der Waals surface area contributed by atoms with Crippen LogP contribution in [-0.4, -0.2) is 10.5 Å². The van der Waals surface area contributed by atoms with E-state index in [0.29, 0.717) is 16.3 Å². The monoisotopic (exact) mass is 262 g/mol. The standard InChI is InChI=1S/C13H11ClN2O2/c1-16-7-6-9(8-12(16)17)13(18)15-11-5-3-2-4-10(11)14/h2-8H,1H3,(H,15,18). The Balaban J connectivity index is 2.25. The van der Waals surface area contributed by atoms with Crippen molar-refractivity contribution in [2.24, 2.45) is 7.05 Å². The molecule has 1 heterocycles. The number of para-hydroxylation sites is 1. The van der Waals surface area contributed by atoms with Crippen LogP contribution in [0.2, 0.25) is 5.02 Å². The van der Waals surface area contributed by atoms with Crippen LogP contribution in [0.3, 0.4) is 0 Å². The third kappa shape index (κ3) is 2.60. The number of rotatable bonds is 2. The number of hydrogen-bond acceptors (Lipinski definition) is 2. The van der Waals surface area contributed by atoms with Gasteiger partial charge in [0.15, 0.2) is 0 Å². The van der Waals surface area contributed by atoms with Crippen molar-refractivity contribution in [3.63, 3.8) is 0 Å². The molecule has 2 aromatic rings. The SMILES string of the molecule is Cn1ccc(C(=O)Nc2ccccc2Cl)cc1=O. The van der Waals surface area contributed by atoms with Gasteiger partial charge in [0.05, 0.1) is 10.7 Å². The molecule has 0 saturated heterocycles. The van der Waals surface area contributed by atoms with Crippen LogP contribution in [0.1, 0.15) is 10.4 Å². The van der Waals surface area contributed by atoms with Crippen LogP contribution in [0.5, 0.6) is 0 Å². The second-order valence-electron chi connectivity index (χ2n) is 3.80. The predicted octanol–water partition coefficient (Wildman–Crippen LogP) is 2.29. The Morgan fingerprint density at radius 1 is 1.28 bits per heavy atom. The number of anilines is 1. The van der Waals surface area contributed by atoms with E-state index >= 15 is 0 Å². The molecule has 0 bridgehead atoms. The van der Waals surface area contributed by atoms with Crippen molar-refractivity contribution in [3.8, 4) is 0 Å². The number of benzene rings is 1. The molecule has 0 radical (unpaired) electrons. The Morgan fingerprint density at radius 3 is 2.67 bits per heavy atom. The highest BCUT2D eigenvalue weighted by Crippen LogP contribution is 2.20. The van der Waals surface area contributed by atoms with Gasteiger partial charge in [0, 0.05) is 24.9 Å². The van der Waals surface area contributed by atoms with Gasteiger partial charge in [-0.2, -0.15) is 0 Å². The summed E-state index contributed by atoms with van der Waals surface area (Å²) in [6.07, 6.45) is 1.55. The first-order valence-electron chi connectivity index (χ1n) is 5.30. The first kappa shape index (κ1) is 12.4. The maximum absolute atomic E-state index is 11.9. The van der Waals surface area contributed by atoms with Crippen molar-refractivity contribution in [2.75, 3.05) is 5.32 Å². The average Bonchev–Trinajstić information content (AvgIpc) is 2.35. The number of carbonyl (C=O) groups is 1. The fourth-order valence-electron chi connectivity index (χ4n) is 1.45. The van der Waals surface area contributed by atoms with Gasteiger partial charge in [-0.15, -0.1) is 0 Å². The first-order valence-corrected chi connectivity index (χ1v) is 5.68. The molecule has 0 spiro atoms. The maximum Gasteiger partial charge on any atom is 0.255 e. The fourth-order valence-corrected chi connectivity index (χ4v) is 1.63. The molecule has 2 rings (SSSR count). The second-order valence-corrected chi connectivity index (χ2v) is 4.21. The highest BCUT2D eigenvalue weighted by atomic mass is 35.5. The molecule has 0 unspecified atom stereocenters. The zero-order valence-electron chi connectivity index (χ0n) is 9.68. The number of carbonyl (C=O) groups excluding carboxylic acids is 1. The van der Waals surface area contributed by atoms with Crippen LogP contribution >= 0.6 is 11.6 Å². The zero-order chi connectivity index (χ0) is 13.1. The summed E-state index contributed by atoms with van der Waals surface area (Å²) < 4.78 is 1.40. The minimum absolute atomic E-state index is 0.234. The molecule has 0 aliphatic carbocycles. The van der Waals surface area contributed by atoms with Gasteiger partial charge in [0.2, 0.25) is 0 Å². The molecule has 0 fully saturated rings. The molecule has 5 heteroatoms. The highest BCUT2D eigenvalue weighted by molar-refractivity contribution is 6.33. The second kappa shape index (κ2) is 5.06. The number of amides is 1. The van der Waals surface area contributed by atoms with Crippen LogP contribution in [0.4, 0.5) is 5.69 Å². The summed E-state index contributed by atoms with van der Waals surface area (Å²) >= 11 is 5.93. The van der Waals surface area contributed by atoms with Crippen molar-refractivity contribution in [2.45, 2.75) is 0 Å². The van der Waals surface area contributed by atoms with E-state index in [-0.39, 0.29) is 11.5 Å². The molecule has 18 heavy (non-hydrogen) atoms. The van der Waals surface area contributed by atoms with E-state index in [9.17, 15) is 9.59 Å². The van der Waals surface area contributed by atoms with Gasteiger partial charge in [0.25, 0.3) is 11.5 Å². The van der Waals surface area contributed by atoms with Gasteiger partial charge in [-0.3, -0.25) is 9.59 Å². The number of aryl methyl sites for hydroxylation is 1. The quantitative estimate of drug-likeness (QED) is 0.903. The van der Waals surface area contributed by atoms with Crippen LogP contribution in [0.15, 0.2) is 47.4 Å². The topological polar surface area (TPSA) is 51.1 Å². The molecular formula is C13H11ClN2O2. The third-order valence-electron chi connectivity index (χ3n) is 2.49. The lowest BCUT2D eigenvalue weighted by atomic mass is 10.2. The van der Waals surface area contributed by atoms with Gasteiger partial charge < -0.3 is 9.88 Å². The van der Waals surface area contributed by atoms with E-state index in [2.05, 4.69) is 5.32 Å². The van der Waals surface area contributed by atoms with E-state index in [1.807, 2.05) is 0 Å². The molecule has 1 amide bonds. The van der Waals surface area contributed by atoms with Gasteiger partial charge in [-0.25, -0.2) is 0 Å². The molecular weight excluding hydrogens is 252 g/mol. The van der Waals surface area contributed by atoms with Gasteiger partial charge in [-0.05, 0) is 18.2 Å². The van der Waals surface area contributed by atoms with Crippen molar-refractivity contribution >= 4 is 23.2 Å². The van der Waals surface area contributed by atoms with Crippen LogP contribution < -0.4 is 10.9 Å². The Labute approximate surface area is 109 Å². The molecule has 0 aliphatic heterocycles. The summed E-state index contributed by atoms with van der Waals surface area (Å²) in [5.41, 5.74) is 0.588. The Kier molecular flexibility index (Phi) is 3.48. The van der Waals surface area contributed by atoms with E-state index in [1.165, 1.54) is 10.6 Å². The normalized spacial score (nSPS) is 10.1. The third-order valence-corrected chi connectivity index (χ3v) is 2.82. The minimum Gasteiger partial charge on any atom is -0.321 e.